The lowest BCUT2D eigenvalue weighted by Crippen LogP contribution is -2.00. The molecular formula is C12H10N2O. The Morgan fingerprint density at radius 2 is 2.07 bits per heavy atom. The van der Waals surface area contributed by atoms with Crippen LogP contribution in [0.2, 0.25) is 0 Å². The number of hydrogen-bond acceptors (Lipinski definition) is 1. The van der Waals surface area contributed by atoms with E-state index in [1.54, 1.807) is 12.3 Å². The summed E-state index contributed by atoms with van der Waals surface area (Å²) in [5, 5.41) is 1.78. The molecule has 0 unspecified atom stereocenters. The number of nitrogens with one attached hydrogen (secondary N) is 1. The Morgan fingerprint density at radius 3 is 2.93 bits per heavy atom. The van der Waals surface area contributed by atoms with Gasteiger partial charge in [0, 0.05) is 36.4 Å². The molecule has 0 atom stereocenters. The van der Waals surface area contributed by atoms with Crippen LogP contribution in [0.25, 0.3) is 21.8 Å². The molecule has 0 saturated heterocycles. The topological polar surface area (TPSA) is 37.8 Å². The van der Waals surface area contributed by atoms with E-state index in [1.807, 2.05) is 36.0 Å². The number of rotatable bonds is 0. The molecule has 0 aliphatic rings. The largest absolute Gasteiger partial charge is 0.361 e. The predicted octanol–water partition coefficient (Wildman–Crippen LogP) is 2.02. The van der Waals surface area contributed by atoms with Crippen LogP contribution in [-0.4, -0.2) is 9.55 Å². The highest BCUT2D eigenvalue weighted by Gasteiger charge is 2.05. The summed E-state index contributed by atoms with van der Waals surface area (Å²) in [5.41, 5.74) is 2.04. The molecule has 0 aliphatic heterocycles. The first kappa shape index (κ1) is 8.29. The molecule has 1 aromatic carbocycles. The maximum atomic E-state index is 11.8. The molecule has 2 aromatic heterocycles. The normalized spacial score (nSPS) is 11.3. The van der Waals surface area contributed by atoms with Gasteiger partial charge in [-0.3, -0.25) is 4.79 Å². The third-order valence-electron chi connectivity index (χ3n) is 2.79. The lowest BCUT2D eigenvalue weighted by Gasteiger charge is -2.00. The van der Waals surface area contributed by atoms with E-state index in [2.05, 4.69) is 4.98 Å². The first-order chi connectivity index (χ1) is 7.27. The Hall–Kier alpha value is -2.03. The minimum absolute atomic E-state index is 0.0700. The minimum atomic E-state index is 0.0700. The van der Waals surface area contributed by atoms with Crippen molar-refractivity contribution in [2.24, 2.45) is 7.05 Å². The van der Waals surface area contributed by atoms with Crippen molar-refractivity contribution in [1.29, 1.82) is 0 Å². The molecular weight excluding hydrogens is 188 g/mol. The third-order valence-corrected chi connectivity index (χ3v) is 2.79. The number of aromatic nitrogens is 2. The number of H-pyrrole nitrogens is 1. The minimum Gasteiger partial charge on any atom is -0.361 e. The van der Waals surface area contributed by atoms with Crippen molar-refractivity contribution < 1.29 is 0 Å². The molecule has 1 N–H and O–H groups in total. The maximum Gasteiger partial charge on any atom is 0.190 e. The SMILES string of the molecule is Cn1ccc2c3c(=O)cc[nH]c3ccc21. The number of aromatic amines is 1. The fourth-order valence-corrected chi connectivity index (χ4v) is 2.03. The van der Waals surface area contributed by atoms with Gasteiger partial charge in [-0.15, -0.1) is 0 Å². The molecule has 0 fully saturated rings. The first-order valence-corrected chi connectivity index (χ1v) is 4.83. The van der Waals surface area contributed by atoms with Crippen LogP contribution < -0.4 is 5.43 Å². The molecule has 3 rings (SSSR count). The Kier molecular flexibility index (Phi) is 1.51. The van der Waals surface area contributed by atoms with E-state index in [0.29, 0.717) is 0 Å². The summed E-state index contributed by atoms with van der Waals surface area (Å²) < 4.78 is 2.02. The van der Waals surface area contributed by atoms with Crippen molar-refractivity contribution >= 4 is 21.8 Å². The third kappa shape index (κ3) is 1.03. The zero-order valence-electron chi connectivity index (χ0n) is 8.32. The van der Waals surface area contributed by atoms with E-state index >= 15 is 0 Å². The van der Waals surface area contributed by atoms with E-state index in [1.165, 1.54) is 0 Å². The summed E-state index contributed by atoms with van der Waals surface area (Å²) in [5.74, 6) is 0. The highest BCUT2D eigenvalue weighted by atomic mass is 16.1. The van der Waals surface area contributed by atoms with E-state index in [9.17, 15) is 4.79 Å². The Labute approximate surface area is 86.0 Å². The molecule has 3 heteroatoms. The number of nitrogens with zero attached hydrogens (tertiary/aromatic N) is 1. The van der Waals surface area contributed by atoms with Gasteiger partial charge in [-0.05, 0) is 18.2 Å². The van der Waals surface area contributed by atoms with Gasteiger partial charge in [0.1, 0.15) is 0 Å². The molecule has 0 radical (unpaired) electrons. The van der Waals surface area contributed by atoms with Gasteiger partial charge in [0.2, 0.25) is 0 Å². The fraction of sp³-hybridized carbons (Fsp3) is 0.0833. The van der Waals surface area contributed by atoms with Crippen LogP contribution in [0.1, 0.15) is 0 Å². The summed E-state index contributed by atoms with van der Waals surface area (Å²) in [4.78, 5) is 14.9. The first-order valence-electron chi connectivity index (χ1n) is 4.83. The molecule has 3 aromatic rings. The number of aryl methyl sites for hydroxylation is 1. The summed E-state index contributed by atoms with van der Waals surface area (Å²) in [6.07, 6.45) is 3.65. The molecule has 0 bridgehead atoms. The smallest absolute Gasteiger partial charge is 0.190 e. The average molecular weight is 198 g/mol. The number of fused-ring (bicyclic) bond motifs is 3. The van der Waals surface area contributed by atoms with Crippen LogP contribution in [0.15, 0.2) is 41.5 Å². The fourth-order valence-electron chi connectivity index (χ4n) is 2.03. The molecule has 15 heavy (non-hydrogen) atoms. The Balaban J connectivity index is 2.70. The van der Waals surface area contributed by atoms with Gasteiger partial charge in [0.05, 0.1) is 10.9 Å². The van der Waals surface area contributed by atoms with Crippen molar-refractivity contribution in [2.75, 3.05) is 0 Å². The van der Waals surface area contributed by atoms with Crippen LogP contribution in [0.5, 0.6) is 0 Å². The maximum absolute atomic E-state index is 11.8. The standard InChI is InChI=1S/C12H10N2O/c1-14-7-5-8-10(14)3-2-9-12(8)11(15)4-6-13-9/h2-7H,1H3,(H,13,15). The van der Waals surface area contributed by atoms with E-state index in [0.717, 1.165) is 21.8 Å². The van der Waals surface area contributed by atoms with Gasteiger partial charge in [-0.2, -0.15) is 0 Å². The van der Waals surface area contributed by atoms with Gasteiger partial charge < -0.3 is 9.55 Å². The lowest BCUT2D eigenvalue weighted by molar-refractivity contribution is 0.969. The van der Waals surface area contributed by atoms with Gasteiger partial charge in [0.25, 0.3) is 0 Å². The van der Waals surface area contributed by atoms with Gasteiger partial charge in [-0.25, -0.2) is 0 Å². The van der Waals surface area contributed by atoms with Crippen LogP contribution in [0.3, 0.4) is 0 Å². The van der Waals surface area contributed by atoms with Crippen molar-refractivity contribution in [2.45, 2.75) is 0 Å². The van der Waals surface area contributed by atoms with E-state index in [4.69, 9.17) is 0 Å². The lowest BCUT2D eigenvalue weighted by atomic mass is 10.1. The van der Waals surface area contributed by atoms with Crippen molar-refractivity contribution in [3.63, 3.8) is 0 Å². The highest BCUT2D eigenvalue weighted by Crippen LogP contribution is 2.21. The quantitative estimate of drug-likeness (QED) is 0.589. The Morgan fingerprint density at radius 1 is 1.20 bits per heavy atom. The summed E-state index contributed by atoms with van der Waals surface area (Å²) in [6, 6.07) is 7.51. The Bertz CT molecular complexity index is 706. The monoisotopic (exact) mass is 198 g/mol. The van der Waals surface area contributed by atoms with Gasteiger partial charge >= 0.3 is 0 Å². The molecule has 0 amide bonds. The molecule has 0 spiro atoms. The number of benzene rings is 1. The van der Waals surface area contributed by atoms with E-state index in [-0.39, 0.29) is 5.43 Å². The molecule has 0 aliphatic carbocycles. The van der Waals surface area contributed by atoms with Crippen LogP contribution in [-0.2, 0) is 7.05 Å². The zero-order chi connectivity index (χ0) is 10.4. The summed E-state index contributed by atoms with van der Waals surface area (Å²) in [7, 11) is 1.98. The van der Waals surface area contributed by atoms with Crippen LogP contribution in [0, 0.1) is 0 Å². The second kappa shape index (κ2) is 2.73. The number of pyridine rings is 1. The van der Waals surface area contributed by atoms with Crippen molar-refractivity contribution in [1.82, 2.24) is 9.55 Å². The molecule has 74 valence electrons. The second-order valence-corrected chi connectivity index (χ2v) is 3.69. The summed E-state index contributed by atoms with van der Waals surface area (Å²) in [6.45, 7) is 0. The average Bonchev–Trinajstić information content (AvgIpc) is 2.61. The molecule has 0 saturated carbocycles. The predicted molar refractivity (Wildman–Crippen MR) is 61.0 cm³/mol. The van der Waals surface area contributed by atoms with Crippen molar-refractivity contribution in [3.05, 3.63) is 46.9 Å². The zero-order valence-corrected chi connectivity index (χ0v) is 8.32. The van der Waals surface area contributed by atoms with Gasteiger partial charge in [-0.1, -0.05) is 0 Å². The summed E-state index contributed by atoms with van der Waals surface area (Å²) >= 11 is 0. The van der Waals surface area contributed by atoms with Crippen molar-refractivity contribution in [3.8, 4) is 0 Å². The van der Waals surface area contributed by atoms with Crippen LogP contribution >= 0.6 is 0 Å². The highest BCUT2D eigenvalue weighted by molar-refractivity contribution is 6.04. The van der Waals surface area contributed by atoms with E-state index < -0.39 is 0 Å². The number of hydrogen-bond donors (Lipinski definition) is 1. The second-order valence-electron chi connectivity index (χ2n) is 3.69. The molecule has 3 nitrogen and oxygen atoms in total. The molecule has 2 heterocycles. The van der Waals surface area contributed by atoms with Gasteiger partial charge in [0.15, 0.2) is 5.43 Å². The van der Waals surface area contributed by atoms with Crippen LogP contribution in [0.4, 0.5) is 0 Å².